The Hall–Kier alpha value is -8.79. The number of esters is 2. The molecule has 10 unspecified atom stereocenters. The number of aromatic nitrogens is 7. The van der Waals surface area contributed by atoms with Gasteiger partial charge in [0.05, 0.1) is 43.1 Å². The normalized spacial score (nSPS) is 24.4. The third-order valence-corrected chi connectivity index (χ3v) is 20.7. The van der Waals surface area contributed by atoms with E-state index in [0.29, 0.717) is 10.3 Å². The van der Waals surface area contributed by atoms with Crippen LogP contribution in [-0.2, 0) is 51.2 Å². The largest absolute Gasteiger partial charge is 0.506 e. The van der Waals surface area contributed by atoms with Crippen LogP contribution in [0.4, 0.5) is 0 Å². The fourth-order valence-corrected chi connectivity index (χ4v) is 15.9. The highest BCUT2D eigenvalue weighted by atomic mass is 32.1. The highest BCUT2D eigenvalue weighted by Crippen LogP contribution is 2.43. The van der Waals surface area contributed by atoms with E-state index in [9.17, 15) is 39.7 Å². The third kappa shape index (κ3) is 13.2. The second-order valence-electron chi connectivity index (χ2n) is 23.1. The molecule has 4 aliphatic heterocycles. The average Bonchev–Trinajstić information content (AvgIpc) is 1.56. The molecule has 4 aliphatic rings. The molecule has 8 aromatic rings. The number of carbonyl (C=O) groups excluding carboxylic acids is 7. The Bertz CT molecular complexity index is 4420. The van der Waals surface area contributed by atoms with Crippen molar-refractivity contribution in [1.29, 1.82) is 0 Å². The molecule has 1 fully saturated rings. The van der Waals surface area contributed by atoms with Crippen LogP contribution in [0.3, 0.4) is 0 Å². The fourth-order valence-electron chi connectivity index (χ4n) is 11.7. The molecule has 1 aromatic carbocycles. The number of hydrogen-bond donors (Lipinski definition) is 10. The SMILES string of the molecule is CO/C(C)=C1/NC(=O)C(C(C)O)NC(=O)c2csc(n2)-c2cc(O)c(-c3nc(C(=O)NCCN)cs3)nc2-c2csc(n2)C2COC(=O)c3c4c5c(cccc5n3O)COC(=O)C(OC3CC(C)(O)C(N(C)C)C(C)O3)C(OC4)C(NC(=O)c3csc1n3)c1nc(cs1)C(=O)N2. The summed E-state index contributed by atoms with van der Waals surface area (Å²) in [5.41, 5.74) is 3.38. The maximum atomic E-state index is 15.2. The van der Waals surface area contributed by atoms with E-state index in [0.717, 1.165) is 56.7 Å². The molecule has 0 spiro atoms. The number of aliphatic hydroxyl groups is 2. The summed E-state index contributed by atoms with van der Waals surface area (Å²) in [4.78, 5) is 132. The van der Waals surface area contributed by atoms with Gasteiger partial charge in [-0.1, -0.05) is 12.1 Å². The van der Waals surface area contributed by atoms with Crippen LogP contribution >= 0.6 is 56.7 Å². The van der Waals surface area contributed by atoms with E-state index in [1.54, 1.807) is 50.4 Å². The number of benzene rings is 1. The van der Waals surface area contributed by atoms with Crippen molar-refractivity contribution < 1.29 is 82.5 Å². The molecule has 1 saturated heterocycles. The quantitative estimate of drug-likeness (QED) is 0.0557. The number of methoxy groups -OCH3 is 1. The number of carbonyl (C=O) groups is 7. The van der Waals surface area contributed by atoms with Crippen LogP contribution < -0.4 is 32.3 Å². The van der Waals surface area contributed by atoms with Gasteiger partial charge in [0.25, 0.3) is 23.6 Å². The third-order valence-electron chi connectivity index (χ3n) is 16.2. The Morgan fingerprint density at radius 1 is 0.865 bits per heavy atom. The Balaban J connectivity index is 1.04. The topological polar surface area (TPSA) is 427 Å². The maximum absolute atomic E-state index is 15.2. The predicted octanol–water partition coefficient (Wildman–Crippen LogP) is 3.85. The minimum Gasteiger partial charge on any atom is -0.506 e. The van der Waals surface area contributed by atoms with Gasteiger partial charge in [0.15, 0.2) is 18.1 Å². The number of ether oxygens (including phenoxy) is 6. The summed E-state index contributed by atoms with van der Waals surface area (Å²) in [7, 11) is 4.86. The van der Waals surface area contributed by atoms with Crippen LogP contribution in [-0.4, -0.2) is 191 Å². The van der Waals surface area contributed by atoms with Gasteiger partial charge in [0.1, 0.15) is 120 Å². The molecular formula is C60H62N14O17S5. The first-order chi connectivity index (χ1) is 45.9. The van der Waals surface area contributed by atoms with Crippen molar-refractivity contribution in [2.24, 2.45) is 5.73 Å². The lowest BCUT2D eigenvalue weighted by molar-refractivity contribution is -0.280. The van der Waals surface area contributed by atoms with Gasteiger partial charge >= 0.3 is 11.9 Å². The molecule has 36 heteroatoms. The molecule has 12 bridgehead atoms. The second-order valence-corrected chi connectivity index (χ2v) is 27.4. The standard InChI is InChI=1S/C60H62N14O17S5/c1-23(75)39-52(81)71-40(24(2)86-7)55-67-34(22-94-55)51(80)72-43-45-46(91-37-14-60(4,84)47(73(5)6)25(3)90-37)59(83)88-15-26-9-8-10-35-38(26)28(16-87-45)44(74(35)85)58(82)89-17-29(63-49(78)32-21-96-57(43)68-32)54-64-30(18-93-54)41-27(53-65-33(20-92-53)50(79)70-39)13-36(76)42(69-41)56-66-31(19-95-56)48(77)62-12-11-61/h8-10,13,18-23,25,29,37,39,43,45-47,75-76,84-85H,11-12,14-17,61H2,1-7H3,(H,62,77)(H,63,78)(H,70,79)(H,71,81)(H,72,80)/b40-24+. The van der Waals surface area contributed by atoms with E-state index in [4.69, 9.17) is 49.1 Å². The van der Waals surface area contributed by atoms with Crippen molar-refractivity contribution in [2.45, 2.75) is 108 Å². The Morgan fingerprint density at radius 3 is 2.27 bits per heavy atom. The summed E-state index contributed by atoms with van der Waals surface area (Å²) in [6.07, 6.45) is -7.47. The first kappa shape index (κ1) is 67.2. The summed E-state index contributed by atoms with van der Waals surface area (Å²) >= 11 is 4.67. The molecule has 5 amide bonds. The fraction of sp³-hybridized carbons (Fsp3) is 0.383. The molecule has 0 radical (unpaired) electrons. The van der Waals surface area contributed by atoms with Gasteiger partial charge in [-0.3, -0.25) is 24.0 Å². The van der Waals surface area contributed by atoms with Crippen molar-refractivity contribution in [2.75, 3.05) is 40.9 Å². The summed E-state index contributed by atoms with van der Waals surface area (Å²) in [6.45, 7) is 4.66. The number of allylic oxidation sites excluding steroid dienone is 1. The number of pyridine rings is 1. The van der Waals surface area contributed by atoms with Gasteiger partial charge in [-0.25, -0.2) is 39.5 Å². The number of nitrogens with one attached hydrogen (secondary N) is 5. The predicted molar refractivity (Wildman–Crippen MR) is 346 cm³/mol. The van der Waals surface area contributed by atoms with Crippen molar-refractivity contribution in [3.63, 3.8) is 0 Å². The van der Waals surface area contributed by atoms with Gasteiger partial charge in [-0.05, 0) is 59.5 Å². The van der Waals surface area contributed by atoms with E-state index in [1.165, 1.54) is 54.6 Å². The smallest absolute Gasteiger partial charge is 0.358 e. The Labute approximate surface area is 564 Å². The lowest BCUT2D eigenvalue weighted by Gasteiger charge is -2.48. The lowest BCUT2D eigenvalue weighted by atomic mass is 9.85. The van der Waals surface area contributed by atoms with Crippen molar-refractivity contribution in [1.82, 2.24) is 66.1 Å². The zero-order valence-corrected chi connectivity index (χ0v) is 56.0. The number of likely N-dealkylation sites (N-methyl/N-ethyl adjacent to an activating group) is 1. The zero-order valence-electron chi connectivity index (χ0n) is 51.9. The number of nitrogens with zero attached hydrogens (tertiary/aromatic N) is 8. The van der Waals surface area contributed by atoms with Crippen LogP contribution in [0, 0.1) is 0 Å². The number of fused-ring (bicyclic) bond motifs is 15. The molecule has 11 N–H and O–H groups in total. The van der Waals surface area contributed by atoms with Crippen LogP contribution in [0.15, 0.2) is 56.9 Å². The van der Waals surface area contributed by atoms with Crippen LogP contribution in [0.5, 0.6) is 5.75 Å². The minimum absolute atomic E-state index is 0.00484. The van der Waals surface area contributed by atoms with E-state index in [-0.39, 0.29) is 118 Å². The minimum atomic E-state index is -1.90. The van der Waals surface area contributed by atoms with Gasteiger partial charge in [-0.15, -0.1) is 56.7 Å². The number of aromatic hydroxyl groups is 1. The summed E-state index contributed by atoms with van der Waals surface area (Å²) < 4.78 is 38.2. The van der Waals surface area contributed by atoms with Gasteiger partial charge in [-0.2, -0.15) is 4.73 Å². The number of cyclic esters (lactones) is 2. The maximum Gasteiger partial charge on any atom is 0.358 e. The number of hydrogen-bond acceptors (Lipinski definition) is 30. The van der Waals surface area contributed by atoms with Gasteiger partial charge in [0, 0.05) is 62.9 Å². The summed E-state index contributed by atoms with van der Waals surface area (Å²) in [5.74, 6) is -6.74. The zero-order chi connectivity index (χ0) is 68.2. The molecule has 11 heterocycles. The lowest BCUT2D eigenvalue weighted by Crippen LogP contribution is -2.62. The molecule has 7 aromatic heterocycles. The highest BCUT2D eigenvalue weighted by Gasteiger charge is 2.50. The van der Waals surface area contributed by atoms with Gasteiger partial charge in [0.2, 0.25) is 5.91 Å². The number of thiazole rings is 5. The van der Waals surface area contributed by atoms with E-state index in [2.05, 4.69) is 41.5 Å². The molecule has 504 valence electrons. The molecule has 12 rings (SSSR count). The Morgan fingerprint density at radius 2 is 1.54 bits per heavy atom. The number of amides is 5. The first-order valence-corrected chi connectivity index (χ1v) is 34.0. The number of nitrogens with two attached hydrogens (primary N) is 1. The van der Waals surface area contributed by atoms with Crippen LogP contribution in [0.2, 0.25) is 0 Å². The Kier molecular flexibility index (Phi) is 19.2. The molecular weight excluding hydrogens is 1350 g/mol. The van der Waals surface area contributed by atoms with E-state index in [1.807, 2.05) is 0 Å². The molecule has 10 atom stereocenters. The average molecular weight is 1410 g/mol. The summed E-state index contributed by atoms with van der Waals surface area (Å²) in [5, 5.41) is 68.3. The second kappa shape index (κ2) is 27.4. The first-order valence-electron chi connectivity index (χ1n) is 29.6. The van der Waals surface area contributed by atoms with Crippen molar-refractivity contribution in [3.05, 3.63) is 112 Å². The molecule has 96 heavy (non-hydrogen) atoms. The molecule has 0 saturated carbocycles. The van der Waals surface area contributed by atoms with E-state index < -0.39 is 133 Å². The molecule has 31 nitrogen and oxygen atoms in total. The van der Waals surface area contributed by atoms with Crippen molar-refractivity contribution in [3.8, 4) is 38.4 Å². The number of aliphatic hydroxyl groups excluding tert-OH is 1. The molecule has 0 aliphatic carbocycles. The van der Waals surface area contributed by atoms with Crippen molar-refractivity contribution >= 4 is 115 Å². The van der Waals surface area contributed by atoms with Gasteiger partial charge < -0.3 is 86.2 Å². The monoisotopic (exact) mass is 1410 g/mol. The summed E-state index contributed by atoms with van der Waals surface area (Å²) in [6, 6.07) is 0.809. The highest BCUT2D eigenvalue weighted by molar-refractivity contribution is 7.14. The van der Waals surface area contributed by atoms with Crippen LogP contribution in [0.25, 0.3) is 49.3 Å². The van der Waals surface area contributed by atoms with Crippen LogP contribution in [0.1, 0.15) is 125 Å². The number of rotatable bonds is 9. The van der Waals surface area contributed by atoms with E-state index >= 15 is 14.4 Å².